The molecule has 0 spiro atoms. The summed E-state index contributed by atoms with van der Waals surface area (Å²) in [6, 6.07) is 7.29. The average Bonchev–Trinajstić information content (AvgIpc) is 2.43. The van der Waals surface area contributed by atoms with Gasteiger partial charge in [0.2, 0.25) is 5.92 Å². The minimum atomic E-state index is -2.61. The molecule has 1 aliphatic carbocycles. The molecule has 1 aliphatic rings. The Morgan fingerprint density at radius 1 is 1.13 bits per heavy atom. The molecule has 82 valence electrons. The number of hydrogen-bond donors (Lipinski definition) is 1. The molecule has 1 atom stereocenters. The van der Waals surface area contributed by atoms with E-state index >= 15 is 0 Å². The summed E-state index contributed by atoms with van der Waals surface area (Å²) in [6.45, 7) is 0. The second-order valence-corrected chi connectivity index (χ2v) is 5.11. The van der Waals surface area contributed by atoms with E-state index in [0.717, 1.165) is 10.0 Å². The molecular formula is C11H12BrF2N. The number of alkyl halides is 2. The number of rotatable bonds is 1. The molecule has 0 bridgehead atoms. The van der Waals surface area contributed by atoms with Crippen molar-refractivity contribution in [2.24, 2.45) is 5.73 Å². The average molecular weight is 276 g/mol. The van der Waals surface area contributed by atoms with E-state index in [9.17, 15) is 8.78 Å². The standard InChI is InChI=1S/C11H12BrF2N/c12-9-3-1-8(2-4-9)10(15)5-6-11(13,14)7-10/h1-4H,5-7,15H2. The highest BCUT2D eigenvalue weighted by atomic mass is 79.9. The molecule has 0 saturated heterocycles. The van der Waals surface area contributed by atoms with E-state index in [1.54, 1.807) is 0 Å². The van der Waals surface area contributed by atoms with Gasteiger partial charge in [0, 0.05) is 22.9 Å². The van der Waals surface area contributed by atoms with E-state index in [1.165, 1.54) is 0 Å². The lowest BCUT2D eigenvalue weighted by Crippen LogP contribution is -2.35. The van der Waals surface area contributed by atoms with E-state index in [-0.39, 0.29) is 12.8 Å². The van der Waals surface area contributed by atoms with Crippen LogP contribution in [0.4, 0.5) is 8.78 Å². The third-order valence-electron chi connectivity index (χ3n) is 2.93. The summed E-state index contributed by atoms with van der Waals surface area (Å²) in [6.07, 6.45) is -0.0111. The summed E-state index contributed by atoms with van der Waals surface area (Å²) in [7, 11) is 0. The van der Waals surface area contributed by atoms with Gasteiger partial charge in [0.1, 0.15) is 0 Å². The van der Waals surface area contributed by atoms with Gasteiger partial charge in [-0.15, -0.1) is 0 Å². The predicted octanol–water partition coefficient (Wildman–Crippen LogP) is 3.42. The highest BCUT2D eigenvalue weighted by molar-refractivity contribution is 9.10. The van der Waals surface area contributed by atoms with Crippen LogP contribution in [0.3, 0.4) is 0 Å². The molecule has 0 aromatic heterocycles. The van der Waals surface area contributed by atoms with Crippen LogP contribution in [0.5, 0.6) is 0 Å². The minimum Gasteiger partial charge on any atom is -0.321 e. The van der Waals surface area contributed by atoms with Crippen molar-refractivity contribution in [3.63, 3.8) is 0 Å². The van der Waals surface area contributed by atoms with Crippen LogP contribution in [0.25, 0.3) is 0 Å². The quantitative estimate of drug-likeness (QED) is 0.835. The first-order valence-electron chi connectivity index (χ1n) is 4.84. The Labute approximate surface area is 95.8 Å². The van der Waals surface area contributed by atoms with Crippen molar-refractivity contribution < 1.29 is 8.78 Å². The molecule has 0 amide bonds. The van der Waals surface area contributed by atoms with E-state index in [0.29, 0.717) is 6.42 Å². The lowest BCUT2D eigenvalue weighted by molar-refractivity contribution is 0.00291. The third-order valence-corrected chi connectivity index (χ3v) is 3.46. The van der Waals surface area contributed by atoms with E-state index in [2.05, 4.69) is 15.9 Å². The summed E-state index contributed by atoms with van der Waals surface area (Å²) >= 11 is 3.31. The lowest BCUT2D eigenvalue weighted by atomic mass is 9.89. The molecule has 0 aliphatic heterocycles. The van der Waals surface area contributed by atoms with Crippen LogP contribution in [0.1, 0.15) is 24.8 Å². The maximum atomic E-state index is 13.1. The molecule has 1 aromatic carbocycles. The summed E-state index contributed by atoms with van der Waals surface area (Å²) in [5.41, 5.74) is 5.95. The van der Waals surface area contributed by atoms with Gasteiger partial charge in [0.25, 0.3) is 0 Å². The van der Waals surface area contributed by atoms with E-state index in [4.69, 9.17) is 5.73 Å². The van der Waals surface area contributed by atoms with Crippen molar-refractivity contribution in [1.29, 1.82) is 0 Å². The molecular weight excluding hydrogens is 264 g/mol. The molecule has 2 N–H and O–H groups in total. The monoisotopic (exact) mass is 275 g/mol. The molecule has 4 heteroatoms. The molecule has 1 unspecified atom stereocenters. The van der Waals surface area contributed by atoms with Gasteiger partial charge in [-0.1, -0.05) is 28.1 Å². The highest BCUT2D eigenvalue weighted by Gasteiger charge is 2.47. The van der Waals surface area contributed by atoms with Crippen LogP contribution < -0.4 is 5.73 Å². The van der Waals surface area contributed by atoms with Crippen LogP contribution in [-0.2, 0) is 5.54 Å². The fraction of sp³-hybridized carbons (Fsp3) is 0.455. The minimum absolute atomic E-state index is 0.112. The highest BCUT2D eigenvalue weighted by Crippen LogP contribution is 2.45. The van der Waals surface area contributed by atoms with Gasteiger partial charge in [0.15, 0.2) is 0 Å². The zero-order valence-corrected chi connectivity index (χ0v) is 9.73. The van der Waals surface area contributed by atoms with Crippen molar-refractivity contribution >= 4 is 15.9 Å². The molecule has 1 saturated carbocycles. The van der Waals surface area contributed by atoms with Gasteiger partial charge in [-0.05, 0) is 24.1 Å². The topological polar surface area (TPSA) is 26.0 Å². The maximum Gasteiger partial charge on any atom is 0.250 e. The zero-order valence-electron chi connectivity index (χ0n) is 8.14. The van der Waals surface area contributed by atoms with Crippen LogP contribution >= 0.6 is 15.9 Å². The molecule has 0 heterocycles. The molecule has 15 heavy (non-hydrogen) atoms. The van der Waals surface area contributed by atoms with Crippen LogP contribution in [0, 0.1) is 0 Å². The number of nitrogens with two attached hydrogens (primary N) is 1. The number of benzene rings is 1. The summed E-state index contributed by atoms with van der Waals surface area (Å²) in [4.78, 5) is 0. The van der Waals surface area contributed by atoms with Crippen LogP contribution in [0.15, 0.2) is 28.7 Å². The van der Waals surface area contributed by atoms with Crippen LogP contribution in [0.2, 0.25) is 0 Å². The number of halogens is 3. The maximum absolute atomic E-state index is 13.1. The van der Waals surface area contributed by atoms with Crippen molar-refractivity contribution in [3.05, 3.63) is 34.3 Å². The van der Waals surface area contributed by atoms with Crippen molar-refractivity contribution in [2.75, 3.05) is 0 Å². The van der Waals surface area contributed by atoms with Crippen molar-refractivity contribution in [2.45, 2.75) is 30.7 Å². The predicted molar refractivity (Wildman–Crippen MR) is 58.8 cm³/mol. The lowest BCUT2D eigenvalue weighted by Gasteiger charge is -2.24. The molecule has 1 nitrogen and oxygen atoms in total. The Morgan fingerprint density at radius 2 is 1.73 bits per heavy atom. The SMILES string of the molecule is NC1(c2ccc(Br)cc2)CCC(F)(F)C1. The summed E-state index contributed by atoms with van der Waals surface area (Å²) < 4.78 is 27.2. The van der Waals surface area contributed by atoms with Gasteiger partial charge in [-0.25, -0.2) is 8.78 Å². The van der Waals surface area contributed by atoms with Gasteiger partial charge in [-0.3, -0.25) is 0 Å². The number of hydrogen-bond acceptors (Lipinski definition) is 1. The zero-order chi connectivity index (χ0) is 11.1. The van der Waals surface area contributed by atoms with E-state index in [1.807, 2.05) is 24.3 Å². The van der Waals surface area contributed by atoms with Gasteiger partial charge in [0.05, 0.1) is 0 Å². The van der Waals surface area contributed by atoms with Gasteiger partial charge >= 0.3 is 0 Å². The first-order valence-corrected chi connectivity index (χ1v) is 5.63. The van der Waals surface area contributed by atoms with Crippen LogP contribution in [-0.4, -0.2) is 5.92 Å². The van der Waals surface area contributed by atoms with Crippen molar-refractivity contribution in [3.8, 4) is 0 Å². The molecule has 1 aromatic rings. The van der Waals surface area contributed by atoms with Crippen molar-refractivity contribution in [1.82, 2.24) is 0 Å². The third kappa shape index (κ3) is 2.21. The second-order valence-electron chi connectivity index (χ2n) is 4.20. The summed E-state index contributed by atoms with van der Waals surface area (Å²) in [5.74, 6) is -2.61. The Morgan fingerprint density at radius 3 is 2.20 bits per heavy atom. The smallest absolute Gasteiger partial charge is 0.250 e. The fourth-order valence-electron chi connectivity index (χ4n) is 2.07. The van der Waals surface area contributed by atoms with E-state index < -0.39 is 11.5 Å². The second kappa shape index (κ2) is 3.52. The molecule has 1 fully saturated rings. The summed E-state index contributed by atoms with van der Waals surface area (Å²) in [5, 5.41) is 0. The molecule has 0 radical (unpaired) electrons. The Bertz CT molecular complexity index is 363. The Kier molecular flexibility index (Phi) is 2.59. The van der Waals surface area contributed by atoms with Gasteiger partial charge < -0.3 is 5.73 Å². The Hall–Kier alpha value is -0.480. The normalized spacial score (nSPS) is 29.3. The Balaban J connectivity index is 2.27. The first-order chi connectivity index (χ1) is 6.91. The largest absolute Gasteiger partial charge is 0.321 e. The van der Waals surface area contributed by atoms with Gasteiger partial charge in [-0.2, -0.15) is 0 Å². The molecule has 2 rings (SSSR count). The fourth-order valence-corrected chi connectivity index (χ4v) is 2.34. The first kappa shape index (κ1) is 11.0.